The van der Waals surface area contributed by atoms with Crippen LogP contribution >= 0.6 is 0 Å². The highest BCUT2D eigenvalue weighted by atomic mass is 19.4. The van der Waals surface area contributed by atoms with Crippen LogP contribution in [0.3, 0.4) is 0 Å². The molecule has 1 unspecified atom stereocenters. The van der Waals surface area contributed by atoms with Crippen LogP contribution in [0, 0.1) is 11.6 Å². The van der Waals surface area contributed by atoms with Gasteiger partial charge in [-0.2, -0.15) is 13.2 Å². The summed E-state index contributed by atoms with van der Waals surface area (Å²) >= 11 is 0. The Bertz CT molecular complexity index is 403. The number of nitrogens with one attached hydrogen (secondary N) is 1. The average Bonchev–Trinajstić information content (AvgIpc) is 2.31. The zero-order valence-corrected chi connectivity index (χ0v) is 10.5. The molecule has 0 bridgehead atoms. The minimum atomic E-state index is -4.24. The Labute approximate surface area is 108 Å². The monoisotopic (exact) mass is 281 g/mol. The maximum atomic E-state index is 13.5. The maximum absolute atomic E-state index is 13.5. The van der Waals surface area contributed by atoms with Crippen molar-refractivity contribution in [1.82, 2.24) is 5.32 Å². The second-order valence-electron chi connectivity index (χ2n) is 4.33. The quantitative estimate of drug-likeness (QED) is 0.781. The van der Waals surface area contributed by atoms with Crippen LogP contribution in [0.2, 0.25) is 0 Å². The first-order valence-electron chi connectivity index (χ1n) is 6.06. The average molecular weight is 281 g/mol. The Balaban J connectivity index is 2.70. The summed E-state index contributed by atoms with van der Waals surface area (Å²) in [6.07, 6.45) is -5.31. The van der Waals surface area contributed by atoms with Crippen molar-refractivity contribution >= 4 is 0 Å². The van der Waals surface area contributed by atoms with E-state index < -0.39 is 30.3 Å². The van der Waals surface area contributed by atoms with Crippen LogP contribution in [-0.4, -0.2) is 18.8 Å². The molecule has 0 radical (unpaired) electrons. The maximum Gasteiger partial charge on any atom is 0.389 e. The van der Waals surface area contributed by atoms with Gasteiger partial charge in [0.25, 0.3) is 0 Å². The molecule has 0 heterocycles. The second-order valence-corrected chi connectivity index (χ2v) is 4.33. The molecule has 0 saturated carbocycles. The molecule has 108 valence electrons. The molecule has 0 aromatic heterocycles. The number of benzene rings is 1. The van der Waals surface area contributed by atoms with Crippen LogP contribution < -0.4 is 5.32 Å². The topological polar surface area (TPSA) is 12.0 Å². The molecule has 1 atom stereocenters. The highest BCUT2D eigenvalue weighted by Gasteiger charge is 2.28. The molecule has 1 nitrogen and oxygen atoms in total. The predicted molar refractivity (Wildman–Crippen MR) is 62.8 cm³/mol. The van der Waals surface area contributed by atoms with Crippen molar-refractivity contribution < 1.29 is 22.0 Å². The van der Waals surface area contributed by atoms with Gasteiger partial charge in [0.05, 0.1) is 0 Å². The van der Waals surface area contributed by atoms with Gasteiger partial charge in [-0.1, -0.05) is 19.1 Å². The fraction of sp³-hybridized carbons (Fsp3) is 0.538. The van der Waals surface area contributed by atoms with Gasteiger partial charge in [-0.15, -0.1) is 0 Å². The molecule has 1 aromatic rings. The summed E-state index contributed by atoms with van der Waals surface area (Å²) in [7, 11) is 0. The van der Waals surface area contributed by atoms with E-state index in [9.17, 15) is 22.0 Å². The summed E-state index contributed by atoms with van der Waals surface area (Å²) in [6, 6.07) is 3.19. The lowest BCUT2D eigenvalue weighted by Gasteiger charge is -2.19. The third kappa shape index (κ3) is 5.55. The Hall–Kier alpha value is -1.17. The third-order valence-electron chi connectivity index (χ3n) is 2.77. The van der Waals surface area contributed by atoms with E-state index in [1.807, 2.05) is 0 Å². The van der Waals surface area contributed by atoms with E-state index in [-0.39, 0.29) is 18.4 Å². The van der Waals surface area contributed by atoms with Gasteiger partial charge < -0.3 is 5.32 Å². The molecule has 0 aliphatic carbocycles. The van der Waals surface area contributed by atoms with Crippen molar-refractivity contribution in [2.75, 3.05) is 6.54 Å². The molecule has 19 heavy (non-hydrogen) atoms. The van der Waals surface area contributed by atoms with Gasteiger partial charge in [0.15, 0.2) is 11.6 Å². The molecule has 1 rings (SSSR count). The van der Waals surface area contributed by atoms with Crippen molar-refractivity contribution in [3.05, 3.63) is 35.4 Å². The van der Waals surface area contributed by atoms with E-state index in [0.29, 0.717) is 6.54 Å². The van der Waals surface area contributed by atoms with Gasteiger partial charge in [-0.25, -0.2) is 8.78 Å². The van der Waals surface area contributed by atoms with Crippen molar-refractivity contribution in [3.8, 4) is 0 Å². The minimum Gasteiger partial charge on any atom is -0.314 e. The standard InChI is InChI=1S/C13H16F5N/c1-2-19-10(6-7-13(16,17)18)8-9-4-3-5-11(14)12(9)15/h3-5,10,19H,2,6-8H2,1H3. The normalized spacial score (nSPS) is 13.6. The Morgan fingerprint density at radius 2 is 1.89 bits per heavy atom. The molecule has 6 heteroatoms. The van der Waals surface area contributed by atoms with E-state index >= 15 is 0 Å². The molecule has 0 saturated heterocycles. The highest BCUT2D eigenvalue weighted by Crippen LogP contribution is 2.23. The summed E-state index contributed by atoms with van der Waals surface area (Å²) in [5.41, 5.74) is 0.0909. The van der Waals surface area contributed by atoms with Crippen LogP contribution in [-0.2, 0) is 6.42 Å². The summed E-state index contributed by atoms with van der Waals surface area (Å²) in [6.45, 7) is 2.22. The minimum absolute atomic E-state index is 0.0352. The first kappa shape index (κ1) is 15.9. The predicted octanol–water partition coefficient (Wildman–Crippen LogP) is 3.83. The lowest BCUT2D eigenvalue weighted by Crippen LogP contribution is -2.32. The van der Waals surface area contributed by atoms with Gasteiger partial charge in [-0.3, -0.25) is 0 Å². The van der Waals surface area contributed by atoms with E-state index in [1.165, 1.54) is 12.1 Å². The lowest BCUT2D eigenvalue weighted by molar-refractivity contribution is -0.136. The van der Waals surface area contributed by atoms with Crippen LogP contribution in [0.25, 0.3) is 0 Å². The zero-order valence-electron chi connectivity index (χ0n) is 10.5. The molecule has 0 amide bonds. The smallest absolute Gasteiger partial charge is 0.314 e. The summed E-state index contributed by atoms with van der Waals surface area (Å²) in [5.74, 6) is -1.97. The van der Waals surface area contributed by atoms with Crippen LogP contribution in [0.5, 0.6) is 0 Å². The Kier molecular flexibility index (Phi) is 5.72. The summed E-state index contributed by atoms with van der Waals surface area (Å²) in [5, 5.41) is 2.86. The summed E-state index contributed by atoms with van der Waals surface area (Å²) < 4.78 is 63.0. The van der Waals surface area contributed by atoms with Crippen molar-refractivity contribution in [3.63, 3.8) is 0 Å². The molecule has 1 aromatic carbocycles. The Morgan fingerprint density at radius 1 is 1.21 bits per heavy atom. The number of likely N-dealkylation sites (N-methyl/N-ethyl adjacent to an activating group) is 1. The highest BCUT2D eigenvalue weighted by molar-refractivity contribution is 5.20. The number of hydrogen-bond donors (Lipinski definition) is 1. The SMILES string of the molecule is CCNC(CCC(F)(F)F)Cc1cccc(F)c1F. The largest absolute Gasteiger partial charge is 0.389 e. The second kappa shape index (κ2) is 6.84. The lowest BCUT2D eigenvalue weighted by atomic mass is 10.0. The van der Waals surface area contributed by atoms with Gasteiger partial charge >= 0.3 is 6.18 Å². The summed E-state index contributed by atoms with van der Waals surface area (Å²) in [4.78, 5) is 0. The van der Waals surface area contributed by atoms with E-state index in [1.54, 1.807) is 6.92 Å². The van der Waals surface area contributed by atoms with E-state index in [0.717, 1.165) is 6.07 Å². The van der Waals surface area contributed by atoms with Crippen molar-refractivity contribution in [1.29, 1.82) is 0 Å². The molecule has 0 fully saturated rings. The van der Waals surface area contributed by atoms with Gasteiger partial charge in [0.2, 0.25) is 0 Å². The fourth-order valence-corrected chi connectivity index (χ4v) is 1.87. The molecular weight excluding hydrogens is 265 g/mol. The first-order chi connectivity index (χ1) is 8.83. The molecule has 0 aliphatic heterocycles. The molecule has 0 aliphatic rings. The van der Waals surface area contributed by atoms with Crippen LogP contribution in [0.1, 0.15) is 25.3 Å². The third-order valence-corrected chi connectivity index (χ3v) is 2.77. The molecule has 1 N–H and O–H groups in total. The van der Waals surface area contributed by atoms with Crippen molar-refractivity contribution in [2.45, 2.75) is 38.4 Å². The Morgan fingerprint density at radius 3 is 2.47 bits per heavy atom. The number of rotatable bonds is 6. The molecule has 0 spiro atoms. The van der Waals surface area contributed by atoms with E-state index in [2.05, 4.69) is 5.32 Å². The van der Waals surface area contributed by atoms with Crippen LogP contribution in [0.15, 0.2) is 18.2 Å². The van der Waals surface area contributed by atoms with Gasteiger partial charge in [-0.05, 0) is 31.0 Å². The number of hydrogen-bond acceptors (Lipinski definition) is 1. The fourth-order valence-electron chi connectivity index (χ4n) is 1.87. The molecular formula is C13H16F5N. The zero-order chi connectivity index (χ0) is 14.5. The van der Waals surface area contributed by atoms with Crippen LogP contribution in [0.4, 0.5) is 22.0 Å². The number of halogens is 5. The van der Waals surface area contributed by atoms with Gasteiger partial charge in [0, 0.05) is 12.5 Å². The van der Waals surface area contributed by atoms with Gasteiger partial charge in [0.1, 0.15) is 0 Å². The van der Waals surface area contributed by atoms with E-state index in [4.69, 9.17) is 0 Å². The first-order valence-corrected chi connectivity index (χ1v) is 6.06. The number of alkyl halides is 3. The van der Waals surface area contributed by atoms with Crippen molar-refractivity contribution in [2.24, 2.45) is 0 Å².